The Morgan fingerprint density at radius 2 is 2.00 bits per heavy atom. The van der Waals surface area contributed by atoms with E-state index < -0.39 is 17.8 Å². The zero-order valence-electron chi connectivity index (χ0n) is 17.8. The third kappa shape index (κ3) is 3.42. The molecule has 0 spiro atoms. The highest BCUT2D eigenvalue weighted by atomic mass is 19.4. The quantitative estimate of drug-likeness (QED) is 0.493. The van der Waals surface area contributed by atoms with E-state index in [-0.39, 0.29) is 24.3 Å². The number of anilines is 1. The number of imidazole rings is 1. The number of aromatic nitrogens is 3. The number of fused-ring (bicyclic) bond motifs is 4. The molecule has 3 heterocycles. The Kier molecular flexibility index (Phi) is 4.70. The number of benzene rings is 2. The SMILES string of the molecule is CC(C)N(C(=O)c1ccc2nc(N)c3cncn3c2c1)[C@@H]1COc2cc(C(F)(F)F)ccc21. The van der Waals surface area contributed by atoms with E-state index in [1.165, 1.54) is 6.07 Å². The van der Waals surface area contributed by atoms with Crippen molar-refractivity contribution in [3.63, 3.8) is 0 Å². The summed E-state index contributed by atoms with van der Waals surface area (Å²) in [5.74, 6) is 0.214. The van der Waals surface area contributed by atoms with Crippen molar-refractivity contribution in [1.29, 1.82) is 0 Å². The maximum atomic E-state index is 13.6. The van der Waals surface area contributed by atoms with Crippen LogP contribution in [-0.2, 0) is 6.18 Å². The number of hydrogen-bond donors (Lipinski definition) is 1. The number of amides is 1. The molecule has 0 saturated carbocycles. The van der Waals surface area contributed by atoms with Crippen LogP contribution in [0.2, 0.25) is 0 Å². The number of alkyl halides is 3. The summed E-state index contributed by atoms with van der Waals surface area (Å²) in [6.45, 7) is 3.80. The van der Waals surface area contributed by atoms with Gasteiger partial charge in [0, 0.05) is 17.2 Å². The summed E-state index contributed by atoms with van der Waals surface area (Å²) in [5, 5.41) is 0. The van der Waals surface area contributed by atoms with Crippen LogP contribution in [0.25, 0.3) is 16.6 Å². The fraction of sp³-hybridized carbons (Fsp3) is 0.261. The van der Waals surface area contributed by atoms with Crippen molar-refractivity contribution in [3.8, 4) is 5.75 Å². The molecule has 1 aliphatic heterocycles. The number of rotatable bonds is 3. The van der Waals surface area contributed by atoms with Gasteiger partial charge in [-0.05, 0) is 44.2 Å². The zero-order chi connectivity index (χ0) is 23.5. The Balaban J connectivity index is 1.55. The molecule has 0 fully saturated rings. The van der Waals surface area contributed by atoms with Crippen molar-refractivity contribution in [3.05, 3.63) is 65.6 Å². The molecule has 0 bridgehead atoms. The molecular weight excluding hydrogens is 435 g/mol. The Morgan fingerprint density at radius 3 is 2.73 bits per heavy atom. The normalized spacial score (nSPS) is 15.8. The van der Waals surface area contributed by atoms with Crippen molar-refractivity contribution < 1.29 is 22.7 Å². The fourth-order valence-electron chi connectivity index (χ4n) is 4.29. The van der Waals surface area contributed by atoms with E-state index in [0.29, 0.717) is 33.5 Å². The van der Waals surface area contributed by atoms with Crippen LogP contribution in [-0.4, -0.2) is 37.8 Å². The lowest BCUT2D eigenvalue weighted by Gasteiger charge is -2.32. The van der Waals surface area contributed by atoms with Crippen molar-refractivity contribution in [2.24, 2.45) is 0 Å². The molecule has 2 N–H and O–H groups in total. The van der Waals surface area contributed by atoms with Crippen LogP contribution < -0.4 is 10.5 Å². The summed E-state index contributed by atoms with van der Waals surface area (Å²) in [6.07, 6.45) is -1.27. The van der Waals surface area contributed by atoms with E-state index >= 15 is 0 Å². The lowest BCUT2D eigenvalue weighted by Crippen LogP contribution is -2.40. The average Bonchev–Trinajstić information content (AvgIpc) is 3.41. The van der Waals surface area contributed by atoms with Crippen molar-refractivity contribution in [2.75, 3.05) is 12.3 Å². The van der Waals surface area contributed by atoms with Gasteiger partial charge in [-0.3, -0.25) is 9.20 Å². The van der Waals surface area contributed by atoms with Crippen LogP contribution in [0.15, 0.2) is 48.9 Å². The maximum absolute atomic E-state index is 13.6. The number of nitrogen functional groups attached to an aromatic ring is 1. The molecule has 1 amide bonds. The van der Waals surface area contributed by atoms with Gasteiger partial charge in [0.15, 0.2) is 0 Å². The molecule has 5 rings (SSSR count). The summed E-state index contributed by atoms with van der Waals surface area (Å²) in [4.78, 5) is 23.7. The molecule has 10 heteroatoms. The topological polar surface area (TPSA) is 85.8 Å². The summed E-state index contributed by atoms with van der Waals surface area (Å²) in [6, 6.07) is 7.75. The number of halogens is 3. The Morgan fingerprint density at radius 1 is 1.21 bits per heavy atom. The van der Waals surface area contributed by atoms with E-state index in [1.807, 2.05) is 13.8 Å². The molecule has 4 aromatic rings. The first-order valence-electron chi connectivity index (χ1n) is 10.3. The standard InChI is InChI=1S/C23H20F3N5O2/c1-12(2)31(19-10-33-20-8-14(23(24,25)26)4-5-15(19)20)22(32)13-3-6-16-17(7-13)30-11-28-9-18(30)21(27)29-16/h3-9,11-12,19H,10H2,1-2H3,(H2,27,29)/t19-/m1/s1. The molecule has 1 aliphatic rings. The second-order valence-corrected chi connectivity index (χ2v) is 8.23. The highest BCUT2D eigenvalue weighted by molar-refractivity contribution is 5.98. The first kappa shape index (κ1) is 21.0. The van der Waals surface area contributed by atoms with Gasteiger partial charge in [-0.2, -0.15) is 13.2 Å². The first-order valence-corrected chi connectivity index (χ1v) is 10.3. The minimum Gasteiger partial charge on any atom is -0.491 e. The lowest BCUT2D eigenvalue weighted by atomic mass is 10.0. The largest absolute Gasteiger partial charge is 0.491 e. The molecule has 170 valence electrons. The zero-order valence-corrected chi connectivity index (χ0v) is 17.8. The molecule has 33 heavy (non-hydrogen) atoms. The summed E-state index contributed by atoms with van der Waals surface area (Å²) in [5.41, 5.74) is 8.08. The third-order valence-electron chi connectivity index (χ3n) is 5.85. The lowest BCUT2D eigenvalue weighted by molar-refractivity contribution is -0.137. The number of carbonyl (C=O) groups excluding carboxylic acids is 1. The van der Waals surface area contributed by atoms with Gasteiger partial charge in [0.2, 0.25) is 0 Å². The highest BCUT2D eigenvalue weighted by Crippen LogP contribution is 2.41. The fourth-order valence-corrected chi connectivity index (χ4v) is 4.29. The minimum absolute atomic E-state index is 0.0813. The minimum atomic E-state index is -4.47. The van der Waals surface area contributed by atoms with Gasteiger partial charge in [-0.25, -0.2) is 9.97 Å². The van der Waals surface area contributed by atoms with E-state index in [0.717, 1.165) is 12.1 Å². The van der Waals surface area contributed by atoms with Crippen LogP contribution in [0.4, 0.5) is 19.0 Å². The predicted octanol–water partition coefficient (Wildman–Crippen LogP) is 4.47. The molecule has 0 radical (unpaired) electrons. The van der Waals surface area contributed by atoms with Crippen LogP contribution in [0, 0.1) is 0 Å². The summed E-state index contributed by atoms with van der Waals surface area (Å²) in [7, 11) is 0. The summed E-state index contributed by atoms with van der Waals surface area (Å²) < 4.78 is 46.6. The van der Waals surface area contributed by atoms with Crippen LogP contribution in [0.5, 0.6) is 5.75 Å². The number of hydrogen-bond acceptors (Lipinski definition) is 5. The van der Waals surface area contributed by atoms with E-state index in [2.05, 4.69) is 9.97 Å². The van der Waals surface area contributed by atoms with Gasteiger partial charge >= 0.3 is 6.18 Å². The maximum Gasteiger partial charge on any atom is 0.416 e. The Hall–Kier alpha value is -3.82. The second-order valence-electron chi connectivity index (χ2n) is 8.23. The third-order valence-corrected chi connectivity index (χ3v) is 5.85. The number of carbonyl (C=O) groups is 1. The van der Waals surface area contributed by atoms with Gasteiger partial charge < -0.3 is 15.4 Å². The monoisotopic (exact) mass is 455 g/mol. The molecule has 7 nitrogen and oxygen atoms in total. The Bertz CT molecular complexity index is 1400. The number of nitrogens with two attached hydrogens (primary N) is 1. The molecule has 2 aromatic heterocycles. The van der Waals surface area contributed by atoms with Crippen molar-refractivity contribution >= 4 is 28.3 Å². The highest BCUT2D eigenvalue weighted by Gasteiger charge is 2.38. The van der Waals surface area contributed by atoms with Gasteiger partial charge in [-0.15, -0.1) is 0 Å². The molecule has 2 aromatic carbocycles. The van der Waals surface area contributed by atoms with Crippen LogP contribution in [0.3, 0.4) is 0 Å². The summed E-state index contributed by atoms with van der Waals surface area (Å²) >= 11 is 0. The molecule has 0 unspecified atom stereocenters. The molecule has 0 saturated heterocycles. The molecule has 0 aliphatic carbocycles. The first-order chi connectivity index (χ1) is 15.6. The van der Waals surface area contributed by atoms with Gasteiger partial charge in [0.25, 0.3) is 5.91 Å². The van der Waals surface area contributed by atoms with Gasteiger partial charge in [0.1, 0.15) is 23.7 Å². The van der Waals surface area contributed by atoms with E-state index in [1.54, 1.807) is 40.0 Å². The van der Waals surface area contributed by atoms with Gasteiger partial charge in [-0.1, -0.05) is 6.07 Å². The molecule has 1 atom stereocenters. The molecular formula is C23H20F3N5O2. The van der Waals surface area contributed by atoms with Crippen LogP contribution in [0.1, 0.15) is 41.4 Å². The number of ether oxygens (including phenoxy) is 1. The smallest absolute Gasteiger partial charge is 0.416 e. The number of nitrogens with zero attached hydrogens (tertiary/aromatic N) is 4. The predicted molar refractivity (Wildman–Crippen MR) is 116 cm³/mol. The average molecular weight is 455 g/mol. The van der Waals surface area contributed by atoms with E-state index in [4.69, 9.17) is 10.5 Å². The Labute approximate surface area is 186 Å². The van der Waals surface area contributed by atoms with Gasteiger partial charge in [0.05, 0.1) is 35.2 Å². The van der Waals surface area contributed by atoms with Crippen molar-refractivity contribution in [2.45, 2.75) is 32.1 Å². The van der Waals surface area contributed by atoms with Crippen LogP contribution >= 0.6 is 0 Å². The van der Waals surface area contributed by atoms with Crippen molar-refractivity contribution in [1.82, 2.24) is 19.3 Å². The second kappa shape index (κ2) is 7.36. The van der Waals surface area contributed by atoms with E-state index in [9.17, 15) is 18.0 Å².